The molecule has 1 spiro atoms. The van der Waals surface area contributed by atoms with Crippen molar-refractivity contribution in [1.82, 2.24) is 10.4 Å². The monoisotopic (exact) mass is 296 g/mol. The molecule has 102 valence electrons. The Bertz CT molecular complexity index is 484. The molecule has 2 unspecified atom stereocenters. The molecular weight excluding hydrogens is 284 g/mol. The molecule has 10 heteroatoms. The van der Waals surface area contributed by atoms with Crippen LogP contribution in [0.15, 0.2) is 0 Å². The summed E-state index contributed by atoms with van der Waals surface area (Å²) in [5.74, 6) is 0.106. The van der Waals surface area contributed by atoms with Crippen molar-refractivity contribution in [2.75, 3.05) is 11.5 Å². The molecule has 0 aliphatic carbocycles. The van der Waals surface area contributed by atoms with Gasteiger partial charge in [-0.2, -0.15) is 25.2 Å². The summed E-state index contributed by atoms with van der Waals surface area (Å²) in [7, 11) is -4.75. The Morgan fingerprint density at radius 2 is 2.33 bits per heavy atom. The van der Waals surface area contributed by atoms with Crippen LogP contribution in [0.3, 0.4) is 0 Å². The van der Waals surface area contributed by atoms with E-state index in [1.165, 1.54) is 18.7 Å². The molecule has 0 aromatic heterocycles. The lowest BCUT2D eigenvalue weighted by atomic mass is 9.80. The van der Waals surface area contributed by atoms with Crippen molar-refractivity contribution in [2.45, 2.75) is 24.9 Å². The Hall–Kier alpha value is -0.840. The van der Waals surface area contributed by atoms with Crippen molar-refractivity contribution in [3.63, 3.8) is 0 Å². The van der Waals surface area contributed by atoms with Gasteiger partial charge in [0.15, 0.2) is 0 Å². The minimum atomic E-state index is -4.75. The molecule has 18 heavy (non-hydrogen) atoms. The fourth-order valence-electron chi connectivity index (χ4n) is 2.18. The molecule has 2 amide bonds. The number of nitrogens with one attached hydrogen (secondary N) is 1. The maximum absolute atomic E-state index is 11.7. The zero-order valence-electron chi connectivity index (χ0n) is 9.45. The summed E-state index contributed by atoms with van der Waals surface area (Å²) < 4.78 is 34.3. The van der Waals surface area contributed by atoms with Gasteiger partial charge in [-0.05, 0) is 12.2 Å². The van der Waals surface area contributed by atoms with Crippen LogP contribution in [0.1, 0.15) is 13.3 Å². The number of carbonyl (C=O) groups excluding carboxylic acids is 2. The molecule has 2 saturated heterocycles. The number of carbonyl (C=O) groups is 2. The normalized spacial score (nSPS) is 31.6. The van der Waals surface area contributed by atoms with E-state index in [9.17, 15) is 18.0 Å². The average molecular weight is 296 g/mol. The van der Waals surface area contributed by atoms with Gasteiger partial charge in [0.1, 0.15) is 11.6 Å². The van der Waals surface area contributed by atoms with Crippen LogP contribution in [0.4, 0.5) is 0 Å². The zero-order chi connectivity index (χ0) is 13.6. The number of amides is 2. The second-order valence-electron chi connectivity index (χ2n) is 4.17. The molecule has 2 rings (SSSR count). The van der Waals surface area contributed by atoms with Gasteiger partial charge in [-0.25, -0.2) is 0 Å². The maximum atomic E-state index is 11.7. The van der Waals surface area contributed by atoms with E-state index in [1.54, 1.807) is 0 Å². The Morgan fingerprint density at radius 1 is 1.67 bits per heavy atom. The van der Waals surface area contributed by atoms with Crippen LogP contribution in [-0.2, 0) is 24.3 Å². The SMILES string of the molecule is CC(=O)NC1C(=O)N(OS(=O)(=O)O)C12CCSC2. The second-order valence-corrected chi connectivity index (χ2v) is 6.28. The Balaban J connectivity index is 2.22. The first-order chi connectivity index (χ1) is 8.26. The van der Waals surface area contributed by atoms with E-state index < -0.39 is 27.9 Å². The minimum absolute atomic E-state index is 0.379. The Labute approximate surface area is 108 Å². The predicted molar refractivity (Wildman–Crippen MR) is 61.8 cm³/mol. The maximum Gasteiger partial charge on any atom is 0.418 e. The van der Waals surface area contributed by atoms with Gasteiger partial charge in [0.05, 0.1) is 0 Å². The number of hydrogen-bond acceptors (Lipinski definition) is 6. The van der Waals surface area contributed by atoms with Gasteiger partial charge in [-0.3, -0.25) is 14.1 Å². The van der Waals surface area contributed by atoms with Crippen molar-refractivity contribution in [3.8, 4) is 0 Å². The highest BCUT2D eigenvalue weighted by Crippen LogP contribution is 2.44. The molecule has 2 N–H and O–H groups in total. The van der Waals surface area contributed by atoms with Crippen molar-refractivity contribution in [1.29, 1.82) is 0 Å². The first-order valence-corrected chi connectivity index (χ1v) is 7.64. The van der Waals surface area contributed by atoms with Gasteiger partial charge in [0.25, 0.3) is 5.91 Å². The average Bonchev–Trinajstić information content (AvgIpc) is 2.72. The van der Waals surface area contributed by atoms with Crippen LogP contribution in [0.2, 0.25) is 0 Å². The predicted octanol–water partition coefficient (Wildman–Crippen LogP) is -1.06. The third-order valence-electron chi connectivity index (χ3n) is 2.94. The summed E-state index contributed by atoms with van der Waals surface area (Å²) in [6.45, 7) is 1.27. The standard InChI is InChI=1S/C8H12N2O6S2/c1-5(11)9-6-7(12)10(16-18(13,14)15)8(6)2-3-17-4-8/h6H,2-4H2,1H3,(H,9,11)(H,13,14,15). The molecule has 0 aromatic rings. The van der Waals surface area contributed by atoms with Crippen molar-refractivity contribution in [3.05, 3.63) is 0 Å². The number of hydroxylamine groups is 2. The zero-order valence-corrected chi connectivity index (χ0v) is 11.1. The van der Waals surface area contributed by atoms with Crippen molar-refractivity contribution in [2.24, 2.45) is 0 Å². The topological polar surface area (TPSA) is 113 Å². The van der Waals surface area contributed by atoms with E-state index in [1.807, 2.05) is 0 Å². The Morgan fingerprint density at radius 3 is 2.78 bits per heavy atom. The minimum Gasteiger partial charge on any atom is -0.342 e. The van der Waals surface area contributed by atoms with E-state index in [2.05, 4.69) is 9.60 Å². The summed E-state index contributed by atoms with van der Waals surface area (Å²) in [4.78, 5) is 22.8. The van der Waals surface area contributed by atoms with E-state index >= 15 is 0 Å². The van der Waals surface area contributed by atoms with Crippen LogP contribution < -0.4 is 5.32 Å². The summed E-state index contributed by atoms with van der Waals surface area (Å²) in [6.07, 6.45) is 0.490. The van der Waals surface area contributed by atoms with E-state index in [0.29, 0.717) is 23.0 Å². The quantitative estimate of drug-likeness (QED) is 0.504. The lowest BCUT2D eigenvalue weighted by molar-refractivity contribution is -0.220. The first kappa shape index (κ1) is 13.6. The summed E-state index contributed by atoms with van der Waals surface area (Å²) in [5.41, 5.74) is -0.886. The molecule has 8 nitrogen and oxygen atoms in total. The molecular formula is C8H12N2O6S2. The van der Waals surface area contributed by atoms with E-state index in [0.717, 1.165) is 0 Å². The van der Waals surface area contributed by atoms with Gasteiger partial charge in [-0.1, -0.05) is 0 Å². The summed E-state index contributed by atoms with van der Waals surface area (Å²) >= 11 is 1.52. The van der Waals surface area contributed by atoms with E-state index in [-0.39, 0.29) is 5.91 Å². The third kappa shape index (κ3) is 2.20. The van der Waals surface area contributed by atoms with Gasteiger partial charge >= 0.3 is 10.4 Å². The fraction of sp³-hybridized carbons (Fsp3) is 0.750. The van der Waals surface area contributed by atoms with Crippen LogP contribution in [0, 0.1) is 0 Å². The van der Waals surface area contributed by atoms with Crippen molar-refractivity contribution >= 4 is 34.0 Å². The molecule has 2 aliphatic rings. The van der Waals surface area contributed by atoms with Crippen LogP contribution in [0.25, 0.3) is 0 Å². The number of β-lactam (4-membered cyclic amide) rings is 1. The highest BCUT2D eigenvalue weighted by atomic mass is 32.3. The lowest BCUT2D eigenvalue weighted by Gasteiger charge is -2.52. The molecule has 0 saturated carbocycles. The first-order valence-electron chi connectivity index (χ1n) is 5.12. The van der Waals surface area contributed by atoms with Gasteiger partial charge in [-0.15, -0.1) is 4.28 Å². The van der Waals surface area contributed by atoms with Gasteiger partial charge in [0, 0.05) is 12.7 Å². The Kier molecular flexibility index (Phi) is 3.30. The molecule has 2 aliphatic heterocycles. The van der Waals surface area contributed by atoms with E-state index in [4.69, 9.17) is 4.55 Å². The molecule has 2 heterocycles. The van der Waals surface area contributed by atoms with Crippen molar-refractivity contribution < 1.29 is 26.8 Å². The van der Waals surface area contributed by atoms with Crippen LogP contribution in [0.5, 0.6) is 0 Å². The molecule has 2 fully saturated rings. The number of thioether (sulfide) groups is 1. The van der Waals surface area contributed by atoms with Gasteiger partial charge in [0.2, 0.25) is 5.91 Å². The highest BCUT2D eigenvalue weighted by molar-refractivity contribution is 7.99. The van der Waals surface area contributed by atoms with Crippen LogP contribution in [-0.4, -0.2) is 52.9 Å². The summed E-state index contributed by atoms with van der Waals surface area (Å²) in [5, 5.41) is 3.13. The molecule has 0 radical (unpaired) electrons. The number of rotatable bonds is 3. The summed E-state index contributed by atoms with van der Waals surface area (Å²) in [6, 6.07) is -0.799. The highest BCUT2D eigenvalue weighted by Gasteiger charge is 2.64. The molecule has 2 atom stereocenters. The fourth-order valence-corrected chi connectivity index (χ4v) is 4.01. The second kappa shape index (κ2) is 4.37. The van der Waals surface area contributed by atoms with Gasteiger partial charge < -0.3 is 5.32 Å². The molecule has 0 aromatic carbocycles. The lowest BCUT2D eigenvalue weighted by Crippen LogP contribution is -2.79. The van der Waals surface area contributed by atoms with Crippen LogP contribution >= 0.6 is 11.8 Å². The number of hydrogen-bond donors (Lipinski definition) is 2. The smallest absolute Gasteiger partial charge is 0.342 e. The molecule has 0 bridgehead atoms. The third-order valence-corrected chi connectivity index (χ3v) is 4.47. The number of nitrogens with zero attached hydrogens (tertiary/aromatic N) is 1. The largest absolute Gasteiger partial charge is 0.418 e.